The number of nitrogens with one attached hydrogen (secondary N) is 2. The van der Waals surface area contributed by atoms with Crippen molar-refractivity contribution in [2.24, 2.45) is 5.92 Å². The molecule has 1 fully saturated rings. The molecule has 0 saturated carbocycles. The molecule has 0 atom stereocenters. The Morgan fingerprint density at radius 3 is 2.69 bits per heavy atom. The number of ether oxygens (including phenoxy) is 1. The number of piperidine rings is 1. The van der Waals surface area contributed by atoms with Gasteiger partial charge in [0.05, 0.1) is 12.7 Å². The van der Waals surface area contributed by atoms with Crippen LogP contribution in [0.25, 0.3) is 0 Å². The number of halogens is 3. The first kappa shape index (κ1) is 24.8. The number of benzene rings is 2. The Morgan fingerprint density at radius 2 is 1.94 bits per heavy atom. The standard InChI is InChI=1S/C24H26F3N5O2S/c1-34-20-7-2-4-17(12-20)13-21-30-23(35-31-21)32-10-8-16(9-11-32)15-28-22(33)29-19-6-3-5-18(14-19)24(25,26)27/h2-7,12,14,16H,8-11,13,15H2,1H3,(H2,28,29,33). The molecule has 1 saturated heterocycles. The summed E-state index contributed by atoms with van der Waals surface area (Å²) in [4.78, 5) is 19.0. The lowest BCUT2D eigenvalue weighted by atomic mass is 9.97. The van der Waals surface area contributed by atoms with Gasteiger partial charge < -0.3 is 20.3 Å². The topological polar surface area (TPSA) is 79.4 Å². The monoisotopic (exact) mass is 505 g/mol. The first-order chi connectivity index (χ1) is 16.8. The van der Waals surface area contributed by atoms with Crippen molar-refractivity contribution in [3.63, 3.8) is 0 Å². The van der Waals surface area contributed by atoms with E-state index in [4.69, 9.17) is 4.74 Å². The van der Waals surface area contributed by atoms with E-state index in [9.17, 15) is 18.0 Å². The van der Waals surface area contributed by atoms with Crippen molar-refractivity contribution in [3.05, 3.63) is 65.5 Å². The molecule has 35 heavy (non-hydrogen) atoms. The number of urea groups is 1. The van der Waals surface area contributed by atoms with E-state index in [1.807, 2.05) is 24.3 Å². The van der Waals surface area contributed by atoms with Crippen molar-refractivity contribution in [2.75, 3.05) is 37.0 Å². The highest BCUT2D eigenvalue weighted by Crippen LogP contribution is 2.30. The molecule has 2 amide bonds. The molecule has 2 N–H and O–H groups in total. The average Bonchev–Trinajstić information content (AvgIpc) is 3.31. The Bertz CT molecular complexity index is 1150. The Labute approximate surface area is 205 Å². The van der Waals surface area contributed by atoms with Crippen molar-refractivity contribution < 1.29 is 22.7 Å². The number of alkyl halides is 3. The summed E-state index contributed by atoms with van der Waals surface area (Å²) in [6, 6.07) is 11.9. The maximum atomic E-state index is 12.8. The lowest BCUT2D eigenvalue weighted by Gasteiger charge is -2.31. The van der Waals surface area contributed by atoms with Gasteiger partial charge in [-0.1, -0.05) is 18.2 Å². The Hall–Kier alpha value is -3.34. The van der Waals surface area contributed by atoms with E-state index in [0.29, 0.717) is 13.0 Å². The number of hydrogen-bond donors (Lipinski definition) is 2. The largest absolute Gasteiger partial charge is 0.497 e. The lowest BCUT2D eigenvalue weighted by molar-refractivity contribution is -0.137. The van der Waals surface area contributed by atoms with E-state index in [1.165, 1.54) is 23.7 Å². The number of methoxy groups -OCH3 is 1. The first-order valence-corrected chi connectivity index (χ1v) is 12.0. The summed E-state index contributed by atoms with van der Waals surface area (Å²) in [5, 5.41) is 6.13. The van der Waals surface area contributed by atoms with E-state index in [0.717, 1.165) is 60.3 Å². The number of anilines is 2. The van der Waals surface area contributed by atoms with Crippen LogP contribution in [-0.4, -0.2) is 42.1 Å². The second-order valence-electron chi connectivity index (χ2n) is 8.37. The molecular formula is C24H26F3N5O2S. The van der Waals surface area contributed by atoms with Gasteiger partial charge in [-0.2, -0.15) is 17.5 Å². The molecule has 0 bridgehead atoms. The summed E-state index contributed by atoms with van der Waals surface area (Å²) in [5.74, 6) is 1.85. The van der Waals surface area contributed by atoms with Crippen LogP contribution in [0.15, 0.2) is 48.5 Å². The summed E-state index contributed by atoms with van der Waals surface area (Å²) in [5.41, 5.74) is 0.390. The molecular weight excluding hydrogens is 479 g/mol. The molecule has 186 valence electrons. The predicted octanol–water partition coefficient (Wildman–Crippen LogP) is 5.19. The van der Waals surface area contributed by atoms with Crippen LogP contribution in [0.3, 0.4) is 0 Å². The molecule has 1 aromatic heterocycles. The van der Waals surface area contributed by atoms with Gasteiger partial charge in [0.2, 0.25) is 5.13 Å². The number of nitrogens with zero attached hydrogens (tertiary/aromatic N) is 3. The molecule has 0 spiro atoms. The number of rotatable bonds is 7. The fraction of sp³-hybridized carbons (Fsp3) is 0.375. The lowest BCUT2D eigenvalue weighted by Crippen LogP contribution is -2.39. The molecule has 2 heterocycles. The van der Waals surface area contributed by atoms with Gasteiger partial charge in [-0.05, 0) is 54.7 Å². The Balaban J connectivity index is 1.22. The third-order valence-electron chi connectivity index (χ3n) is 5.84. The third kappa shape index (κ3) is 6.84. The van der Waals surface area contributed by atoms with Crippen LogP contribution in [-0.2, 0) is 12.6 Å². The van der Waals surface area contributed by atoms with Gasteiger partial charge in [0.1, 0.15) is 11.6 Å². The molecule has 0 aliphatic carbocycles. The van der Waals surface area contributed by atoms with Crippen LogP contribution in [0.1, 0.15) is 29.8 Å². The van der Waals surface area contributed by atoms with E-state index in [1.54, 1.807) is 7.11 Å². The number of hydrogen-bond acceptors (Lipinski definition) is 6. The van der Waals surface area contributed by atoms with Crippen LogP contribution in [0, 0.1) is 5.92 Å². The highest BCUT2D eigenvalue weighted by atomic mass is 32.1. The second-order valence-corrected chi connectivity index (χ2v) is 9.10. The van der Waals surface area contributed by atoms with E-state index < -0.39 is 17.8 Å². The third-order valence-corrected chi connectivity index (χ3v) is 6.65. The maximum Gasteiger partial charge on any atom is 0.416 e. The van der Waals surface area contributed by atoms with Crippen LogP contribution < -0.4 is 20.3 Å². The van der Waals surface area contributed by atoms with Gasteiger partial charge in [-0.3, -0.25) is 0 Å². The fourth-order valence-corrected chi connectivity index (χ4v) is 4.66. The highest BCUT2D eigenvalue weighted by molar-refractivity contribution is 7.09. The van der Waals surface area contributed by atoms with Crippen molar-refractivity contribution in [1.82, 2.24) is 14.7 Å². The normalized spacial score (nSPS) is 14.6. The summed E-state index contributed by atoms with van der Waals surface area (Å²) in [6.07, 6.45) is -2.08. The molecule has 4 rings (SSSR count). The smallest absolute Gasteiger partial charge is 0.416 e. The number of carbonyl (C=O) groups excluding carboxylic acids is 1. The minimum absolute atomic E-state index is 0.105. The van der Waals surface area contributed by atoms with Crippen molar-refractivity contribution >= 4 is 28.4 Å². The summed E-state index contributed by atoms with van der Waals surface area (Å²) in [7, 11) is 1.64. The SMILES string of the molecule is COc1cccc(Cc2nsc(N3CCC(CNC(=O)Nc4cccc(C(F)(F)F)c4)CC3)n2)c1. The molecule has 0 radical (unpaired) electrons. The molecule has 7 nitrogen and oxygen atoms in total. The molecule has 0 unspecified atom stereocenters. The van der Waals surface area contributed by atoms with Gasteiger partial charge in [-0.15, -0.1) is 0 Å². The maximum absolute atomic E-state index is 12.8. The molecule has 1 aliphatic rings. The fourth-order valence-electron chi connectivity index (χ4n) is 3.92. The van der Waals surface area contributed by atoms with Crippen molar-refractivity contribution in [1.29, 1.82) is 0 Å². The van der Waals surface area contributed by atoms with Crippen molar-refractivity contribution in [2.45, 2.75) is 25.4 Å². The Kier molecular flexibility index (Phi) is 7.74. The number of carbonyl (C=O) groups is 1. The zero-order chi connectivity index (χ0) is 24.8. The van der Waals surface area contributed by atoms with Crippen molar-refractivity contribution in [3.8, 4) is 5.75 Å². The number of aromatic nitrogens is 2. The van der Waals surface area contributed by atoms with Gasteiger partial charge in [0.15, 0.2) is 0 Å². The van der Waals surface area contributed by atoms with E-state index in [2.05, 4.69) is 24.9 Å². The van der Waals surface area contributed by atoms with E-state index >= 15 is 0 Å². The van der Waals surface area contributed by atoms with Gasteiger partial charge in [-0.25, -0.2) is 9.78 Å². The molecule has 3 aromatic rings. The minimum Gasteiger partial charge on any atom is -0.497 e. The van der Waals surface area contributed by atoms with Crippen LogP contribution in [0.4, 0.5) is 28.8 Å². The average molecular weight is 506 g/mol. The zero-order valence-corrected chi connectivity index (χ0v) is 20.0. The second kappa shape index (κ2) is 10.9. The Morgan fingerprint density at radius 1 is 1.17 bits per heavy atom. The summed E-state index contributed by atoms with van der Waals surface area (Å²) < 4.78 is 48.3. The van der Waals surface area contributed by atoms with Gasteiger partial charge in [0.25, 0.3) is 0 Å². The van der Waals surface area contributed by atoms with Crippen LogP contribution in [0.2, 0.25) is 0 Å². The van der Waals surface area contributed by atoms with Gasteiger partial charge in [0, 0.05) is 43.3 Å². The van der Waals surface area contributed by atoms with Crippen LogP contribution in [0.5, 0.6) is 5.75 Å². The van der Waals surface area contributed by atoms with E-state index in [-0.39, 0.29) is 11.6 Å². The summed E-state index contributed by atoms with van der Waals surface area (Å²) >= 11 is 1.38. The first-order valence-electron chi connectivity index (χ1n) is 11.2. The number of amides is 2. The molecule has 1 aliphatic heterocycles. The van der Waals surface area contributed by atoms with Crippen LogP contribution >= 0.6 is 11.5 Å². The summed E-state index contributed by atoms with van der Waals surface area (Å²) in [6.45, 7) is 2.06. The zero-order valence-electron chi connectivity index (χ0n) is 19.1. The molecule has 2 aromatic carbocycles. The molecule has 11 heteroatoms. The van der Waals surface area contributed by atoms with Gasteiger partial charge >= 0.3 is 12.2 Å². The quantitative estimate of drug-likeness (QED) is 0.462. The minimum atomic E-state index is -4.45. The predicted molar refractivity (Wildman–Crippen MR) is 129 cm³/mol. The highest BCUT2D eigenvalue weighted by Gasteiger charge is 2.30.